The standard InChI is InChI=1S/C11H10ClIN2/c1-7-3-4-8(2)15(7)11-10(12)5-9(13)6-14-11/h3-6H,1-2H3. The summed E-state index contributed by atoms with van der Waals surface area (Å²) in [4.78, 5) is 4.37. The van der Waals surface area contributed by atoms with Crippen molar-refractivity contribution in [1.82, 2.24) is 9.55 Å². The van der Waals surface area contributed by atoms with Crippen LogP contribution in [-0.2, 0) is 0 Å². The predicted molar refractivity (Wildman–Crippen MR) is 70.8 cm³/mol. The summed E-state index contributed by atoms with van der Waals surface area (Å²) in [5.41, 5.74) is 2.28. The van der Waals surface area contributed by atoms with E-state index in [1.54, 1.807) is 0 Å². The molecule has 0 aliphatic heterocycles. The third-order valence-corrected chi connectivity index (χ3v) is 3.14. The molecule has 0 aliphatic rings. The number of rotatable bonds is 1. The van der Waals surface area contributed by atoms with E-state index in [4.69, 9.17) is 11.6 Å². The van der Waals surface area contributed by atoms with Gasteiger partial charge in [-0.2, -0.15) is 0 Å². The Labute approximate surface area is 107 Å². The number of aromatic nitrogens is 2. The molecule has 2 rings (SSSR count). The highest BCUT2D eigenvalue weighted by molar-refractivity contribution is 14.1. The molecule has 4 heteroatoms. The van der Waals surface area contributed by atoms with Crippen LogP contribution in [0.25, 0.3) is 5.82 Å². The van der Waals surface area contributed by atoms with E-state index in [1.165, 1.54) is 0 Å². The highest BCUT2D eigenvalue weighted by Crippen LogP contribution is 2.23. The largest absolute Gasteiger partial charge is 0.302 e. The van der Waals surface area contributed by atoms with Gasteiger partial charge in [0.15, 0.2) is 5.82 Å². The highest BCUT2D eigenvalue weighted by Gasteiger charge is 2.09. The summed E-state index contributed by atoms with van der Waals surface area (Å²) in [6.45, 7) is 4.09. The summed E-state index contributed by atoms with van der Waals surface area (Å²) in [5.74, 6) is 0.803. The van der Waals surface area contributed by atoms with E-state index in [9.17, 15) is 0 Å². The van der Waals surface area contributed by atoms with E-state index < -0.39 is 0 Å². The van der Waals surface area contributed by atoms with Crippen LogP contribution < -0.4 is 0 Å². The van der Waals surface area contributed by atoms with Gasteiger partial charge in [0, 0.05) is 21.2 Å². The van der Waals surface area contributed by atoms with Gasteiger partial charge in [-0.05, 0) is 54.6 Å². The molecule has 0 radical (unpaired) electrons. The highest BCUT2D eigenvalue weighted by atomic mass is 127. The summed E-state index contributed by atoms with van der Waals surface area (Å²) < 4.78 is 3.10. The normalized spacial score (nSPS) is 10.7. The van der Waals surface area contributed by atoms with E-state index >= 15 is 0 Å². The first-order valence-corrected chi connectivity index (χ1v) is 6.01. The first kappa shape index (κ1) is 11.0. The van der Waals surface area contributed by atoms with Gasteiger partial charge in [0.1, 0.15) is 0 Å². The third-order valence-electron chi connectivity index (χ3n) is 2.27. The zero-order valence-corrected chi connectivity index (χ0v) is 11.4. The molecule has 0 bridgehead atoms. The van der Waals surface area contributed by atoms with Crippen molar-refractivity contribution >= 4 is 34.2 Å². The molecule has 0 unspecified atom stereocenters. The fourth-order valence-corrected chi connectivity index (χ4v) is 2.46. The summed E-state index contributed by atoms with van der Waals surface area (Å²) in [7, 11) is 0. The molecule has 2 aromatic rings. The molecule has 2 nitrogen and oxygen atoms in total. The summed E-state index contributed by atoms with van der Waals surface area (Å²) in [6, 6.07) is 6.04. The Morgan fingerprint density at radius 2 is 1.87 bits per heavy atom. The lowest BCUT2D eigenvalue weighted by molar-refractivity contribution is 0.921. The second-order valence-electron chi connectivity index (χ2n) is 3.41. The molecular formula is C11H10ClIN2. The van der Waals surface area contributed by atoms with E-state index in [1.807, 2.05) is 26.1 Å². The Morgan fingerprint density at radius 3 is 2.40 bits per heavy atom. The van der Waals surface area contributed by atoms with Crippen molar-refractivity contribution in [2.75, 3.05) is 0 Å². The van der Waals surface area contributed by atoms with Gasteiger partial charge in [0.2, 0.25) is 0 Å². The maximum absolute atomic E-state index is 6.18. The number of nitrogens with zero attached hydrogens (tertiary/aromatic N) is 2. The molecule has 0 spiro atoms. The van der Waals surface area contributed by atoms with Crippen LogP contribution in [0.3, 0.4) is 0 Å². The zero-order valence-electron chi connectivity index (χ0n) is 8.46. The molecule has 15 heavy (non-hydrogen) atoms. The Balaban J connectivity index is 2.64. The van der Waals surface area contributed by atoms with Crippen molar-refractivity contribution in [2.45, 2.75) is 13.8 Å². The number of halogens is 2. The summed E-state index contributed by atoms with van der Waals surface area (Å²) >= 11 is 8.38. The summed E-state index contributed by atoms with van der Waals surface area (Å²) in [6.07, 6.45) is 1.82. The zero-order chi connectivity index (χ0) is 11.0. The second kappa shape index (κ2) is 4.14. The van der Waals surface area contributed by atoms with Crippen molar-refractivity contribution in [3.05, 3.63) is 44.4 Å². The van der Waals surface area contributed by atoms with Crippen LogP contribution in [0.1, 0.15) is 11.4 Å². The van der Waals surface area contributed by atoms with Gasteiger partial charge in [-0.25, -0.2) is 4.98 Å². The number of hydrogen-bond acceptors (Lipinski definition) is 1. The fourth-order valence-electron chi connectivity index (χ4n) is 1.57. The van der Waals surface area contributed by atoms with Crippen molar-refractivity contribution < 1.29 is 0 Å². The molecule has 0 aliphatic carbocycles. The maximum atomic E-state index is 6.18. The fraction of sp³-hybridized carbons (Fsp3) is 0.182. The minimum Gasteiger partial charge on any atom is -0.302 e. The molecule has 78 valence electrons. The van der Waals surface area contributed by atoms with Crippen LogP contribution in [0.4, 0.5) is 0 Å². The van der Waals surface area contributed by atoms with E-state index in [0.717, 1.165) is 20.8 Å². The van der Waals surface area contributed by atoms with Crippen LogP contribution in [0.2, 0.25) is 5.02 Å². The minimum atomic E-state index is 0.685. The van der Waals surface area contributed by atoms with E-state index in [2.05, 4.69) is 44.3 Å². The molecule has 0 saturated carbocycles. The first-order valence-electron chi connectivity index (χ1n) is 4.56. The van der Waals surface area contributed by atoms with Crippen LogP contribution >= 0.6 is 34.2 Å². The van der Waals surface area contributed by atoms with Crippen LogP contribution in [0.5, 0.6) is 0 Å². The quantitative estimate of drug-likeness (QED) is 0.727. The lowest BCUT2D eigenvalue weighted by Crippen LogP contribution is -2.02. The third kappa shape index (κ3) is 2.03. The number of pyridine rings is 1. The van der Waals surface area contributed by atoms with Gasteiger partial charge >= 0.3 is 0 Å². The molecule has 2 aromatic heterocycles. The molecule has 0 aromatic carbocycles. The van der Waals surface area contributed by atoms with E-state index in [-0.39, 0.29) is 0 Å². The van der Waals surface area contributed by atoms with Gasteiger partial charge in [-0.1, -0.05) is 11.6 Å². The lowest BCUT2D eigenvalue weighted by Gasteiger charge is -2.09. The summed E-state index contributed by atoms with van der Waals surface area (Å²) in [5, 5.41) is 0.685. The molecule has 2 heterocycles. The topological polar surface area (TPSA) is 17.8 Å². The van der Waals surface area contributed by atoms with Gasteiger partial charge in [0.05, 0.1) is 5.02 Å². The SMILES string of the molecule is Cc1ccc(C)n1-c1ncc(I)cc1Cl. The maximum Gasteiger partial charge on any atom is 0.155 e. The first-order chi connectivity index (χ1) is 7.09. The van der Waals surface area contributed by atoms with Crippen LogP contribution in [0, 0.1) is 17.4 Å². The van der Waals surface area contributed by atoms with Gasteiger partial charge in [-0.15, -0.1) is 0 Å². The van der Waals surface area contributed by atoms with Gasteiger partial charge in [0.25, 0.3) is 0 Å². The van der Waals surface area contributed by atoms with Crippen molar-refractivity contribution in [1.29, 1.82) is 0 Å². The monoisotopic (exact) mass is 332 g/mol. The molecule has 0 amide bonds. The number of hydrogen-bond donors (Lipinski definition) is 0. The van der Waals surface area contributed by atoms with Crippen LogP contribution in [-0.4, -0.2) is 9.55 Å². The van der Waals surface area contributed by atoms with Crippen molar-refractivity contribution in [3.63, 3.8) is 0 Å². The smallest absolute Gasteiger partial charge is 0.155 e. The van der Waals surface area contributed by atoms with E-state index in [0.29, 0.717) is 5.02 Å². The average Bonchev–Trinajstić information content (AvgIpc) is 2.48. The Morgan fingerprint density at radius 1 is 1.27 bits per heavy atom. The molecular weight excluding hydrogens is 322 g/mol. The minimum absolute atomic E-state index is 0.685. The second-order valence-corrected chi connectivity index (χ2v) is 5.06. The predicted octanol–water partition coefficient (Wildman–Crippen LogP) is 3.75. The molecule has 0 atom stereocenters. The molecule has 0 fully saturated rings. The molecule has 0 saturated heterocycles. The van der Waals surface area contributed by atoms with Crippen molar-refractivity contribution in [2.24, 2.45) is 0 Å². The van der Waals surface area contributed by atoms with Gasteiger partial charge < -0.3 is 4.57 Å². The van der Waals surface area contributed by atoms with Crippen molar-refractivity contribution in [3.8, 4) is 5.82 Å². The average molecular weight is 333 g/mol. The molecule has 0 N–H and O–H groups in total. The Kier molecular flexibility index (Phi) is 3.02. The Hall–Kier alpha value is -0.550. The lowest BCUT2D eigenvalue weighted by atomic mass is 10.4. The van der Waals surface area contributed by atoms with Crippen LogP contribution in [0.15, 0.2) is 24.4 Å². The number of aryl methyl sites for hydroxylation is 2. The Bertz CT molecular complexity index is 486. The van der Waals surface area contributed by atoms with Gasteiger partial charge in [-0.3, -0.25) is 0 Å².